The Morgan fingerprint density at radius 3 is 2.77 bits per heavy atom. The predicted octanol–water partition coefficient (Wildman–Crippen LogP) is 0.774. The van der Waals surface area contributed by atoms with Gasteiger partial charge in [0.25, 0.3) is 0 Å². The van der Waals surface area contributed by atoms with Crippen molar-refractivity contribution >= 4 is 12.0 Å². The van der Waals surface area contributed by atoms with Gasteiger partial charge >= 0.3 is 5.97 Å². The van der Waals surface area contributed by atoms with Crippen LogP contribution in [0.3, 0.4) is 0 Å². The molecule has 13 heavy (non-hydrogen) atoms. The van der Waals surface area contributed by atoms with Gasteiger partial charge in [0.05, 0.1) is 0 Å². The molecule has 0 bridgehead atoms. The number of nitrogens with two attached hydrogens (primary N) is 1. The maximum Gasteiger partial charge on any atom is 0.351 e. The quantitative estimate of drug-likeness (QED) is 0.656. The molecular formula is C9H10N2O2. The smallest absolute Gasteiger partial charge is 0.351 e. The van der Waals surface area contributed by atoms with E-state index in [0.29, 0.717) is 5.56 Å². The van der Waals surface area contributed by atoms with E-state index in [9.17, 15) is 4.79 Å². The molecule has 0 fully saturated rings. The second kappa shape index (κ2) is 3.71. The molecule has 0 spiro atoms. The molecule has 1 aromatic rings. The molecule has 0 radical (unpaired) electrons. The first kappa shape index (κ1) is 9.25. The first-order valence-electron chi connectivity index (χ1n) is 3.72. The summed E-state index contributed by atoms with van der Waals surface area (Å²) in [4.78, 5) is 14.4. The highest BCUT2D eigenvalue weighted by Gasteiger charge is 2.00. The van der Waals surface area contributed by atoms with E-state index in [4.69, 9.17) is 10.8 Å². The van der Waals surface area contributed by atoms with E-state index in [-0.39, 0.29) is 5.70 Å². The lowest BCUT2D eigenvalue weighted by Gasteiger charge is -1.95. The third-order valence-corrected chi connectivity index (χ3v) is 1.50. The summed E-state index contributed by atoms with van der Waals surface area (Å²) in [6.07, 6.45) is 2.94. The number of nitrogens with zero attached hydrogens (tertiary/aromatic N) is 1. The van der Waals surface area contributed by atoms with Gasteiger partial charge < -0.3 is 10.8 Å². The summed E-state index contributed by atoms with van der Waals surface area (Å²) in [7, 11) is 0. The minimum Gasteiger partial charge on any atom is -0.477 e. The fraction of sp³-hybridized carbons (Fsp3) is 0.111. The molecule has 0 aliphatic rings. The lowest BCUT2D eigenvalue weighted by atomic mass is 10.2. The molecule has 0 aliphatic heterocycles. The number of carboxylic acids is 1. The Bertz CT molecular complexity index is 341. The van der Waals surface area contributed by atoms with Gasteiger partial charge in [-0.3, -0.25) is 4.98 Å². The van der Waals surface area contributed by atoms with Crippen LogP contribution in [0.25, 0.3) is 6.08 Å². The van der Waals surface area contributed by atoms with Gasteiger partial charge in [0.15, 0.2) is 0 Å². The molecule has 0 saturated heterocycles. The monoisotopic (exact) mass is 178 g/mol. The number of aryl methyl sites for hydroxylation is 1. The van der Waals surface area contributed by atoms with Crippen molar-refractivity contribution in [2.75, 3.05) is 0 Å². The Morgan fingerprint density at radius 2 is 2.31 bits per heavy atom. The summed E-state index contributed by atoms with van der Waals surface area (Å²) in [6, 6.07) is 3.55. The Labute approximate surface area is 75.7 Å². The lowest BCUT2D eigenvalue weighted by molar-refractivity contribution is -0.132. The highest BCUT2D eigenvalue weighted by atomic mass is 16.4. The van der Waals surface area contributed by atoms with Crippen molar-refractivity contribution in [1.82, 2.24) is 4.98 Å². The van der Waals surface area contributed by atoms with Gasteiger partial charge in [0.1, 0.15) is 5.70 Å². The van der Waals surface area contributed by atoms with Crippen LogP contribution in [-0.4, -0.2) is 16.1 Å². The highest BCUT2D eigenvalue weighted by Crippen LogP contribution is 2.03. The van der Waals surface area contributed by atoms with Gasteiger partial charge in [0, 0.05) is 11.9 Å². The zero-order chi connectivity index (χ0) is 9.84. The summed E-state index contributed by atoms with van der Waals surface area (Å²) in [5.74, 6) is -1.12. The van der Waals surface area contributed by atoms with Crippen LogP contribution in [0, 0.1) is 6.92 Å². The van der Waals surface area contributed by atoms with Gasteiger partial charge in [-0.1, -0.05) is 6.07 Å². The first-order valence-corrected chi connectivity index (χ1v) is 3.72. The zero-order valence-corrected chi connectivity index (χ0v) is 7.19. The van der Waals surface area contributed by atoms with Crippen LogP contribution in [-0.2, 0) is 4.79 Å². The van der Waals surface area contributed by atoms with E-state index >= 15 is 0 Å². The molecule has 1 aromatic heterocycles. The Hall–Kier alpha value is -1.84. The largest absolute Gasteiger partial charge is 0.477 e. The number of rotatable bonds is 2. The van der Waals surface area contributed by atoms with Crippen LogP contribution in [0.2, 0.25) is 0 Å². The van der Waals surface area contributed by atoms with Crippen LogP contribution < -0.4 is 5.73 Å². The Kier molecular flexibility index (Phi) is 2.64. The molecule has 0 aliphatic carbocycles. The van der Waals surface area contributed by atoms with Crippen LogP contribution in [0.4, 0.5) is 0 Å². The average Bonchev–Trinajstić information content (AvgIpc) is 2.08. The van der Waals surface area contributed by atoms with E-state index in [0.717, 1.165) is 5.69 Å². The zero-order valence-electron chi connectivity index (χ0n) is 7.19. The average molecular weight is 178 g/mol. The molecule has 68 valence electrons. The normalized spacial score (nSPS) is 11.3. The van der Waals surface area contributed by atoms with E-state index in [1.54, 1.807) is 18.3 Å². The number of carbonyl (C=O) groups is 1. The van der Waals surface area contributed by atoms with Crippen molar-refractivity contribution < 1.29 is 9.90 Å². The summed E-state index contributed by atoms with van der Waals surface area (Å²) < 4.78 is 0. The summed E-state index contributed by atoms with van der Waals surface area (Å²) in [6.45, 7) is 1.86. The summed E-state index contributed by atoms with van der Waals surface area (Å²) in [5.41, 5.74) is 6.60. The Morgan fingerprint density at radius 1 is 1.62 bits per heavy atom. The van der Waals surface area contributed by atoms with Gasteiger partial charge in [0.2, 0.25) is 0 Å². The SMILES string of the molecule is Cc1ccc(/C=C(/N)C(=O)O)cn1. The first-order chi connectivity index (χ1) is 6.09. The second-order valence-electron chi connectivity index (χ2n) is 2.64. The van der Waals surface area contributed by atoms with Crippen LogP contribution in [0.1, 0.15) is 11.3 Å². The van der Waals surface area contributed by atoms with E-state index < -0.39 is 5.97 Å². The molecule has 1 rings (SSSR count). The lowest BCUT2D eigenvalue weighted by Crippen LogP contribution is -2.09. The number of aliphatic carboxylic acids is 1. The van der Waals surface area contributed by atoms with Crippen LogP contribution in [0.15, 0.2) is 24.0 Å². The summed E-state index contributed by atoms with van der Waals surface area (Å²) >= 11 is 0. The van der Waals surface area contributed by atoms with Crippen molar-refractivity contribution in [1.29, 1.82) is 0 Å². The molecule has 0 saturated carbocycles. The molecule has 0 unspecified atom stereocenters. The maximum atomic E-state index is 10.4. The number of aromatic nitrogens is 1. The molecule has 3 N–H and O–H groups in total. The van der Waals surface area contributed by atoms with Gasteiger partial charge in [-0.25, -0.2) is 4.79 Å². The standard InChI is InChI=1S/C9H10N2O2/c1-6-2-3-7(5-11-6)4-8(10)9(12)13/h2-5H,10H2,1H3,(H,12,13)/b8-4+. The fourth-order valence-electron chi connectivity index (χ4n) is 0.806. The molecule has 0 amide bonds. The fourth-order valence-corrected chi connectivity index (χ4v) is 0.806. The van der Waals surface area contributed by atoms with Gasteiger partial charge in [-0.15, -0.1) is 0 Å². The number of hydrogen-bond donors (Lipinski definition) is 2. The van der Waals surface area contributed by atoms with Crippen LogP contribution in [0.5, 0.6) is 0 Å². The van der Waals surface area contributed by atoms with Crippen molar-refractivity contribution in [2.24, 2.45) is 5.73 Å². The van der Waals surface area contributed by atoms with E-state index in [1.807, 2.05) is 6.92 Å². The third-order valence-electron chi connectivity index (χ3n) is 1.50. The highest BCUT2D eigenvalue weighted by molar-refractivity contribution is 5.90. The molecule has 0 aromatic carbocycles. The second-order valence-corrected chi connectivity index (χ2v) is 2.64. The molecule has 4 nitrogen and oxygen atoms in total. The van der Waals surface area contributed by atoms with Crippen molar-refractivity contribution in [2.45, 2.75) is 6.92 Å². The molecular weight excluding hydrogens is 168 g/mol. The van der Waals surface area contributed by atoms with E-state index in [2.05, 4.69) is 4.98 Å². The van der Waals surface area contributed by atoms with Gasteiger partial charge in [-0.05, 0) is 24.6 Å². The minimum absolute atomic E-state index is 0.189. The van der Waals surface area contributed by atoms with Crippen molar-refractivity contribution in [3.8, 4) is 0 Å². The number of hydrogen-bond acceptors (Lipinski definition) is 3. The van der Waals surface area contributed by atoms with Crippen LogP contribution >= 0.6 is 0 Å². The Balaban J connectivity index is 2.92. The molecule has 4 heteroatoms. The molecule has 0 atom stereocenters. The van der Waals surface area contributed by atoms with E-state index in [1.165, 1.54) is 6.08 Å². The van der Waals surface area contributed by atoms with Crippen molar-refractivity contribution in [3.63, 3.8) is 0 Å². The predicted molar refractivity (Wildman–Crippen MR) is 48.8 cm³/mol. The minimum atomic E-state index is -1.12. The topological polar surface area (TPSA) is 76.2 Å². The number of carboxylic acid groups (broad SMARTS) is 1. The molecule has 1 heterocycles. The van der Waals surface area contributed by atoms with Gasteiger partial charge in [-0.2, -0.15) is 0 Å². The van der Waals surface area contributed by atoms with Crippen molar-refractivity contribution in [3.05, 3.63) is 35.3 Å². The summed E-state index contributed by atoms with van der Waals surface area (Å²) in [5, 5.41) is 8.48. The third kappa shape index (κ3) is 2.59. The maximum absolute atomic E-state index is 10.4. The number of pyridine rings is 1.